The zero-order valence-electron chi connectivity index (χ0n) is 18.9. The first kappa shape index (κ1) is 35.3. The van der Waals surface area contributed by atoms with Crippen LogP contribution in [-0.2, 0) is 11.8 Å². The molecule has 0 fully saturated rings. The van der Waals surface area contributed by atoms with Gasteiger partial charge in [-0.1, -0.05) is 0 Å². The van der Waals surface area contributed by atoms with Gasteiger partial charge in [-0.3, -0.25) is 0 Å². The molecule has 0 aromatic heterocycles. The molecule has 0 heterocycles. The van der Waals surface area contributed by atoms with E-state index < -0.39 is 6.72 Å². The molecule has 26 heavy (non-hydrogen) atoms. The number of hydrogen-bond acceptors (Lipinski definition) is 4. The Morgan fingerprint density at radius 3 is 0.538 bits per heavy atom. The average molecular weight is 469 g/mol. The van der Waals surface area contributed by atoms with Gasteiger partial charge in [-0.05, 0) is 86.1 Å². The van der Waals surface area contributed by atoms with Crippen LogP contribution >= 0.6 is 30.5 Å². The molecule has 0 radical (unpaired) electrons. The van der Waals surface area contributed by atoms with Crippen LogP contribution in [0.3, 0.4) is 0 Å². The molecule has 0 amide bonds. The molecule has 0 aliphatic carbocycles. The quantitative estimate of drug-likeness (QED) is 0.479. The van der Waals surface area contributed by atoms with Crippen molar-refractivity contribution in [1.29, 1.82) is 0 Å². The first-order valence-electron chi connectivity index (χ1n) is 10.3. The van der Waals surface area contributed by atoms with E-state index >= 15 is 0 Å². The smallest absolute Gasteiger partial charge is 0.0543 e. The van der Waals surface area contributed by atoms with Crippen molar-refractivity contribution in [3.8, 4) is 0 Å². The third-order valence-corrected chi connectivity index (χ3v) is 13.5. The summed E-state index contributed by atoms with van der Waals surface area (Å²) >= 11 is 3.27. The molecule has 0 aromatic rings. The Morgan fingerprint density at radius 1 is 0.462 bits per heavy atom. The van der Waals surface area contributed by atoms with Crippen molar-refractivity contribution in [3.63, 3.8) is 0 Å². The van der Waals surface area contributed by atoms with Gasteiger partial charge >= 0.3 is 0 Å². The fourth-order valence-corrected chi connectivity index (χ4v) is 6.75. The normalized spacial score (nSPS) is 10.6. The minimum atomic E-state index is -4.56. The van der Waals surface area contributed by atoms with Crippen LogP contribution in [0.1, 0.15) is 62.3 Å². The summed E-state index contributed by atoms with van der Waals surface area (Å²) in [6, 6.07) is 0. The second-order valence-corrected chi connectivity index (χ2v) is 19.0. The molecule has 0 aliphatic rings. The molecule has 164 valence electrons. The van der Waals surface area contributed by atoms with Gasteiger partial charge in [0.15, 0.2) is 0 Å². The molecule has 0 atom stereocenters. The summed E-state index contributed by atoms with van der Waals surface area (Å²) in [5.74, 6) is 0. The van der Waals surface area contributed by atoms with Crippen molar-refractivity contribution in [3.05, 3.63) is 0 Å². The van der Waals surface area contributed by atoms with Gasteiger partial charge in [0.25, 0.3) is 0 Å². The third-order valence-electron chi connectivity index (χ3n) is 4.50. The van der Waals surface area contributed by atoms with Crippen molar-refractivity contribution in [2.75, 3.05) is 55.5 Å². The highest BCUT2D eigenvalue weighted by Gasteiger charge is 2.04. The number of rotatable bonds is 9. The molecule has 0 N–H and O–H groups in total. The maximum absolute atomic E-state index is 8.92. The molecular weight excluding hydrogens is 420 g/mol. The van der Waals surface area contributed by atoms with Crippen LogP contribution < -0.4 is 14.7 Å². The molecule has 3 nitrogen and oxygen atoms in total. The molecule has 0 aromatic carbocycles. The van der Waals surface area contributed by atoms with E-state index in [1.165, 1.54) is 55.5 Å². The van der Waals surface area contributed by atoms with Gasteiger partial charge in [0.2, 0.25) is 0 Å². The maximum Gasteiger partial charge on any atom is 0.0543 e. The molecular formula is C18H48O3P4S. The van der Waals surface area contributed by atoms with Gasteiger partial charge in [0.05, 0.1) is 55.5 Å². The molecule has 0 unspecified atom stereocenters. The Morgan fingerprint density at radius 2 is 0.538 bits per heavy atom. The lowest BCUT2D eigenvalue weighted by Gasteiger charge is -2.43. The zero-order valence-corrected chi connectivity index (χ0v) is 23.7. The van der Waals surface area contributed by atoms with Crippen molar-refractivity contribution in [1.82, 2.24) is 0 Å². The molecule has 0 bridgehead atoms. The van der Waals surface area contributed by atoms with Crippen molar-refractivity contribution < 1.29 is 14.7 Å². The summed E-state index contributed by atoms with van der Waals surface area (Å²) in [6.45, 7) is 16.2. The van der Waals surface area contributed by atoms with Gasteiger partial charge in [-0.15, -0.1) is 0 Å². The largest absolute Gasteiger partial charge is 0.844 e. The Kier molecular flexibility index (Phi) is 36.4. The summed E-state index contributed by atoms with van der Waals surface area (Å²) in [5, 5.41) is 0. The fourth-order valence-electron chi connectivity index (χ4n) is 2.25. The summed E-state index contributed by atoms with van der Waals surface area (Å²) in [6.07, 6.45) is 13.1. The molecule has 0 aliphatic heterocycles. The summed E-state index contributed by atoms with van der Waals surface area (Å²) in [7, 11) is 0.412. The third kappa shape index (κ3) is 40.5. The Balaban J connectivity index is -0.000000125. The van der Waals surface area contributed by atoms with E-state index in [2.05, 4.69) is 74.1 Å². The zero-order chi connectivity index (χ0) is 21.6. The fraction of sp³-hybridized carbons (Fsp3) is 1.00. The topological polar surface area (TPSA) is 69.2 Å². The van der Waals surface area contributed by atoms with Gasteiger partial charge < -0.3 is 21.4 Å². The van der Waals surface area contributed by atoms with E-state index in [0.717, 1.165) is 0 Å². The van der Waals surface area contributed by atoms with Crippen LogP contribution in [0.5, 0.6) is 0 Å². The summed E-state index contributed by atoms with van der Waals surface area (Å²) in [5.41, 5.74) is 0. The van der Waals surface area contributed by atoms with E-state index in [9.17, 15) is 0 Å². The maximum atomic E-state index is 8.92. The molecule has 0 spiro atoms. The minimum absolute atomic E-state index is 0.137. The Hall–Kier alpha value is 1.82. The van der Waals surface area contributed by atoms with Crippen molar-refractivity contribution >= 4 is 42.3 Å². The Bertz CT molecular complexity index is 226. The molecule has 0 saturated carbocycles. The van der Waals surface area contributed by atoms with E-state index in [1.54, 1.807) is 0 Å². The molecule has 0 saturated heterocycles. The van der Waals surface area contributed by atoms with Gasteiger partial charge in [-0.25, -0.2) is 0 Å². The van der Waals surface area contributed by atoms with Crippen LogP contribution in [0.4, 0.5) is 0 Å². The van der Waals surface area contributed by atoms with E-state index in [-0.39, 0.29) is 23.8 Å². The van der Waals surface area contributed by atoms with Gasteiger partial charge in [0.1, 0.15) is 0 Å². The van der Waals surface area contributed by atoms with Gasteiger partial charge in [0, 0.05) is 0 Å². The highest BCUT2D eigenvalue weighted by molar-refractivity contribution is 8.04. The Labute approximate surface area is 174 Å². The molecule has 0 rings (SSSR count). The van der Waals surface area contributed by atoms with E-state index in [1.807, 2.05) is 0 Å². The van der Waals surface area contributed by atoms with E-state index in [4.69, 9.17) is 14.7 Å². The van der Waals surface area contributed by atoms with E-state index in [0.29, 0.717) is 0 Å². The lowest BCUT2D eigenvalue weighted by atomic mass is 10.9. The number of hydrogen-bond donors (Lipinski definition) is 0. The standard InChI is InChI=1S/3C6H15P.H3O3PS/c3*1-4-7(5-2)6-3;1-4(2,3)5/h3*4-6H2,1-3H3;(H3,1,2,3,5). The van der Waals surface area contributed by atoms with Crippen molar-refractivity contribution in [2.45, 2.75) is 62.3 Å². The van der Waals surface area contributed by atoms with Crippen LogP contribution in [0.25, 0.3) is 0 Å². The van der Waals surface area contributed by atoms with Crippen LogP contribution in [0.15, 0.2) is 0 Å². The first-order valence-corrected chi connectivity index (χ1v) is 19.2. The SMILES string of the molecule is CC[PH+](CC)CC.CC[PH+](CC)CC.CC[PH+](CC)CC.[O-]P([O-])([O-])=S. The second-order valence-electron chi connectivity index (χ2n) is 5.88. The first-order chi connectivity index (χ1) is 12.0. The highest BCUT2D eigenvalue weighted by Crippen LogP contribution is 2.33. The monoisotopic (exact) mass is 468 g/mol. The lowest BCUT2D eigenvalue weighted by molar-refractivity contribution is -0.411. The summed E-state index contributed by atoms with van der Waals surface area (Å²) in [4.78, 5) is 26.8. The van der Waals surface area contributed by atoms with Crippen molar-refractivity contribution in [2.24, 2.45) is 0 Å². The van der Waals surface area contributed by atoms with Crippen LogP contribution in [-0.4, -0.2) is 55.5 Å². The predicted octanol–water partition coefficient (Wildman–Crippen LogP) is 4.07. The van der Waals surface area contributed by atoms with Gasteiger partial charge in [-0.2, -0.15) is 11.8 Å². The van der Waals surface area contributed by atoms with Crippen LogP contribution in [0.2, 0.25) is 0 Å². The predicted molar refractivity (Wildman–Crippen MR) is 134 cm³/mol. The highest BCUT2D eigenvalue weighted by atomic mass is 32.5. The lowest BCUT2D eigenvalue weighted by Crippen LogP contribution is -2.23. The minimum Gasteiger partial charge on any atom is -0.844 e. The molecule has 8 heteroatoms. The second kappa shape index (κ2) is 26.8. The summed E-state index contributed by atoms with van der Waals surface area (Å²) < 4.78 is 0. The average Bonchev–Trinajstić information content (AvgIpc) is 2.59. The van der Waals surface area contributed by atoms with Crippen LogP contribution in [0, 0.1) is 0 Å².